The number of carboxylic acids is 1. The first-order chi connectivity index (χ1) is 19.5. The second-order valence-corrected chi connectivity index (χ2v) is 10.6. The Morgan fingerprint density at radius 2 is 1.70 bits per heavy atom. The summed E-state index contributed by atoms with van der Waals surface area (Å²) in [6.45, 7) is 0.0554. The van der Waals surface area contributed by atoms with E-state index < -0.39 is 24.5 Å². The molecule has 1 aromatic carbocycles. The Bertz CT molecular complexity index is 1100. The molecule has 1 heterocycles. The highest BCUT2D eigenvalue weighted by molar-refractivity contribution is 5.98. The third kappa shape index (κ3) is 10.6. The lowest BCUT2D eigenvalue weighted by Gasteiger charge is -2.21. The van der Waals surface area contributed by atoms with E-state index in [-0.39, 0.29) is 12.3 Å². The normalized spacial score (nSPS) is 14.9. The average molecular weight is 550 g/mol. The number of aliphatic carboxylic acids is 1. The van der Waals surface area contributed by atoms with Crippen LogP contribution in [0.5, 0.6) is 0 Å². The first kappa shape index (κ1) is 31.0. The minimum atomic E-state index is -1.01. The van der Waals surface area contributed by atoms with E-state index in [1.807, 2.05) is 24.3 Å². The Kier molecular flexibility index (Phi) is 13.4. The van der Waals surface area contributed by atoms with E-state index in [0.717, 1.165) is 41.9 Å². The Morgan fingerprint density at radius 3 is 2.38 bits per heavy atom. The van der Waals surface area contributed by atoms with Crippen molar-refractivity contribution >= 4 is 23.4 Å². The van der Waals surface area contributed by atoms with Gasteiger partial charge in [0.1, 0.15) is 6.04 Å². The van der Waals surface area contributed by atoms with E-state index in [1.165, 1.54) is 38.5 Å². The van der Waals surface area contributed by atoms with Crippen molar-refractivity contribution in [3.8, 4) is 0 Å². The van der Waals surface area contributed by atoms with E-state index in [0.29, 0.717) is 24.9 Å². The average Bonchev–Trinajstić information content (AvgIpc) is 2.98. The summed E-state index contributed by atoms with van der Waals surface area (Å²) in [6, 6.07) is 9.86. The number of aliphatic hydroxyl groups excluding tert-OH is 1. The van der Waals surface area contributed by atoms with E-state index >= 15 is 0 Å². The molecule has 216 valence electrons. The summed E-state index contributed by atoms with van der Waals surface area (Å²) in [6.07, 6.45) is 17.6. The maximum atomic E-state index is 12.8. The van der Waals surface area contributed by atoms with Crippen molar-refractivity contribution in [2.45, 2.75) is 83.1 Å². The van der Waals surface area contributed by atoms with Crippen LogP contribution in [0.4, 0.5) is 0 Å². The molecule has 3 rings (SSSR count). The summed E-state index contributed by atoms with van der Waals surface area (Å²) in [7, 11) is 0. The number of hydrogen-bond donors (Lipinski definition) is 4. The van der Waals surface area contributed by atoms with Gasteiger partial charge in [-0.25, -0.2) is 0 Å². The van der Waals surface area contributed by atoms with Crippen molar-refractivity contribution in [3.63, 3.8) is 0 Å². The lowest BCUT2D eigenvalue weighted by Crippen LogP contribution is -2.49. The number of carbonyl (C=O) groups excluding carboxylic acids is 2. The van der Waals surface area contributed by atoms with E-state index in [1.54, 1.807) is 24.5 Å². The van der Waals surface area contributed by atoms with Gasteiger partial charge in [-0.15, -0.1) is 0 Å². The maximum absolute atomic E-state index is 12.8. The molecule has 1 atom stereocenters. The van der Waals surface area contributed by atoms with Gasteiger partial charge in [0.15, 0.2) is 0 Å². The predicted octanol–water partition coefficient (Wildman–Crippen LogP) is 5.12. The lowest BCUT2D eigenvalue weighted by molar-refractivity contribution is -0.137. The molecule has 1 unspecified atom stereocenters. The molecule has 0 spiro atoms. The Labute approximate surface area is 237 Å². The van der Waals surface area contributed by atoms with Crippen molar-refractivity contribution in [2.75, 3.05) is 13.2 Å². The molecule has 0 saturated heterocycles. The SMILES string of the molecule is O=C(O)CCCCC=C(c1ccc(C(=O)NC(CO)C(=O)NCCCCC2CCCCC2)cc1)c1cccnc1. The topological polar surface area (TPSA) is 129 Å². The van der Waals surface area contributed by atoms with Crippen LogP contribution in [0, 0.1) is 5.92 Å². The quantitative estimate of drug-likeness (QED) is 0.215. The fourth-order valence-corrected chi connectivity index (χ4v) is 5.20. The largest absolute Gasteiger partial charge is 0.481 e. The number of aliphatic hydroxyl groups is 1. The summed E-state index contributed by atoms with van der Waals surface area (Å²) < 4.78 is 0. The zero-order chi connectivity index (χ0) is 28.6. The number of nitrogens with one attached hydrogen (secondary N) is 2. The van der Waals surface area contributed by atoms with Crippen LogP contribution in [0.1, 0.15) is 98.5 Å². The summed E-state index contributed by atoms with van der Waals surface area (Å²) in [5.74, 6) is -0.787. The van der Waals surface area contributed by atoms with Gasteiger partial charge in [-0.2, -0.15) is 0 Å². The first-order valence-corrected chi connectivity index (χ1v) is 14.6. The smallest absolute Gasteiger partial charge is 0.303 e. The Balaban J connectivity index is 1.52. The van der Waals surface area contributed by atoms with Crippen LogP contribution in [0.2, 0.25) is 0 Å². The molecule has 2 aromatic rings. The molecule has 1 saturated carbocycles. The molecule has 1 aliphatic carbocycles. The van der Waals surface area contributed by atoms with Crippen LogP contribution in [-0.4, -0.2) is 52.2 Å². The molecule has 40 heavy (non-hydrogen) atoms. The molecule has 0 aliphatic heterocycles. The molecular formula is C32H43N3O5. The van der Waals surface area contributed by atoms with E-state index in [4.69, 9.17) is 5.11 Å². The molecule has 1 aromatic heterocycles. The van der Waals surface area contributed by atoms with Gasteiger partial charge >= 0.3 is 5.97 Å². The number of pyridine rings is 1. The van der Waals surface area contributed by atoms with Crippen LogP contribution in [0.15, 0.2) is 54.9 Å². The standard InChI is InChI=1S/C32H43N3O5/c36-23-29(32(40)34-21-8-7-12-24-10-3-1-4-11-24)35-31(39)26-18-16-25(17-19-26)28(27-13-9-20-33-22-27)14-5-2-6-15-30(37)38/h9,13-14,16-20,22,24,29,36H,1-8,10-12,15,21,23H2,(H,34,40)(H,35,39)(H,37,38). The van der Waals surface area contributed by atoms with Crippen molar-refractivity contribution in [2.24, 2.45) is 5.92 Å². The van der Waals surface area contributed by atoms with Crippen molar-refractivity contribution < 1.29 is 24.6 Å². The van der Waals surface area contributed by atoms with Gasteiger partial charge in [-0.3, -0.25) is 19.4 Å². The fraction of sp³-hybridized carbons (Fsp3) is 0.500. The van der Waals surface area contributed by atoms with Crippen LogP contribution in [0.25, 0.3) is 5.57 Å². The minimum Gasteiger partial charge on any atom is -0.481 e. The highest BCUT2D eigenvalue weighted by Gasteiger charge is 2.20. The first-order valence-electron chi connectivity index (χ1n) is 14.6. The van der Waals surface area contributed by atoms with Crippen LogP contribution < -0.4 is 10.6 Å². The Morgan fingerprint density at radius 1 is 0.950 bits per heavy atom. The Hall–Kier alpha value is -3.52. The predicted molar refractivity (Wildman–Crippen MR) is 156 cm³/mol. The number of hydrogen-bond acceptors (Lipinski definition) is 5. The van der Waals surface area contributed by atoms with Crippen molar-refractivity contribution in [3.05, 3.63) is 71.6 Å². The number of carbonyl (C=O) groups is 3. The van der Waals surface area contributed by atoms with E-state index in [2.05, 4.69) is 21.7 Å². The third-order valence-corrected chi connectivity index (χ3v) is 7.49. The maximum Gasteiger partial charge on any atom is 0.303 e. The van der Waals surface area contributed by atoms with Crippen LogP contribution in [-0.2, 0) is 9.59 Å². The summed E-state index contributed by atoms with van der Waals surface area (Å²) in [5.41, 5.74) is 3.15. The second-order valence-electron chi connectivity index (χ2n) is 10.6. The van der Waals surface area contributed by atoms with Crippen molar-refractivity contribution in [1.82, 2.24) is 15.6 Å². The fourth-order valence-electron chi connectivity index (χ4n) is 5.20. The zero-order valence-electron chi connectivity index (χ0n) is 23.3. The van der Waals surface area contributed by atoms with Gasteiger partial charge in [-0.1, -0.05) is 69.2 Å². The number of benzene rings is 1. The number of carboxylic acid groups (broad SMARTS) is 1. The number of nitrogens with zero attached hydrogens (tertiary/aromatic N) is 1. The molecule has 2 amide bonds. The molecule has 1 fully saturated rings. The van der Waals surface area contributed by atoms with Gasteiger partial charge in [0.2, 0.25) is 5.91 Å². The van der Waals surface area contributed by atoms with Gasteiger partial charge in [0.25, 0.3) is 5.91 Å². The van der Waals surface area contributed by atoms with Gasteiger partial charge in [0.05, 0.1) is 6.61 Å². The number of rotatable bonds is 16. The van der Waals surface area contributed by atoms with E-state index in [9.17, 15) is 19.5 Å². The van der Waals surface area contributed by atoms with Crippen LogP contribution in [0.3, 0.4) is 0 Å². The monoisotopic (exact) mass is 549 g/mol. The summed E-state index contributed by atoms with van der Waals surface area (Å²) in [5, 5.41) is 24.1. The highest BCUT2D eigenvalue weighted by Crippen LogP contribution is 2.27. The molecule has 8 heteroatoms. The number of unbranched alkanes of at least 4 members (excludes halogenated alkanes) is 3. The lowest BCUT2D eigenvalue weighted by atomic mass is 9.86. The highest BCUT2D eigenvalue weighted by atomic mass is 16.4. The number of aromatic nitrogens is 1. The second kappa shape index (κ2) is 17.2. The van der Waals surface area contributed by atoms with Crippen LogP contribution >= 0.6 is 0 Å². The zero-order valence-corrected chi connectivity index (χ0v) is 23.3. The number of allylic oxidation sites excluding steroid dienone is 1. The third-order valence-electron chi connectivity index (χ3n) is 7.49. The van der Waals surface area contributed by atoms with Gasteiger partial charge in [-0.05, 0) is 60.9 Å². The molecule has 4 N–H and O–H groups in total. The molecule has 0 radical (unpaired) electrons. The molecular weight excluding hydrogens is 506 g/mol. The molecule has 0 bridgehead atoms. The summed E-state index contributed by atoms with van der Waals surface area (Å²) >= 11 is 0. The van der Waals surface area contributed by atoms with Crippen molar-refractivity contribution in [1.29, 1.82) is 0 Å². The van der Waals surface area contributed by atoms with Gasteiger partial charge in [0, 0.05) is 36.5 Å². The minimum absolute atomic E-state index is 0.146. The number of amides is 2. The summed E-state index contributed by atoms with van der Waals surface area (Å²) in [4.78, 5) is 40.4. The molecule has 1 aliphatic rings. The van der Waals surface area contributed by atoms with Gasteiger partial charge < -0.3 is 20.8 Å². The molecule has 8 nitrogen and oxygen atoms in total.